The third kappa shape index (κ3) is 16.5. The minimum absolute atomic E-state index is 1.01. The van der Waals surface area contributed by atoms with Gasteiger partial charge in [-0.3, -0.25) is 0 Å². The number of unbranched alkanes of at least 4 members (excludes halogenated alkanes) is 12. The Labute approximate surface area is 142 Å². The second kappa shape index (κ2) is 16.0. The topological polar surface area (TPSA) is 9.23 Å². The van der Waals surface area contributed by atoms with Gasteiger partial charge in [0.2, 0.25) is 0 Å². The zero-order chi connectivity index (χ0) is 16.5. The highest BCUT2D eigenvalue weighted by Gasteiger charge is 2.20. The summed E-state index contributed by atoms with van der Waals surface area (Å²) in [5, 5.41) is 0. The van der Waals surface area contributed by atoms with Gasteiger partial charge in [-0.2, -0.15) is 0 Å². The van der Waals surface area contributed by atoms with Gasteiger partial charge in [0.05, 0.1) is 0 Å². The summed E-state index contributed by atoms with van der Waals surface area (Å²) in [6.07, 6.45) is 19.7. The number of hydrogen-bond acceptors (Lipinski definition) is 1. The van der Waals surface area contributed by atoms with Crippen LogP contribution in [0.25, 0.3) is 0 Å². The lowest BCUT2D eigenvalue weighted by Gasteiger charge is -2.22. The van der Waals surface area contributed by atoms with Crippen LogP contribution >= 0.6 is 0 Å². The molecule has 0 amide bonds. The monoisotopic (exact) mass is 328 g/mol. The van der Waals surface area contributed by atoms with E-state index in [-0.39, 0.29) is 0 Å². The van der Waals surface area contributed by atoms with Crippen LogP contribution in [-0.4, -0.2) is 14.9 Å². The largest absolute Gasteiger partial charge is 0.417 e. The molecule has 0 rings (SSSR count). The maximum atomic E-state index is 6.16. The van der Waals surface area contributed by atoms with Crippen molar-refractivity contribution in [1.29, 1.82) is 0 Å². The van der Waals surface area contributed by atoms with Gasteiger partial charge >= 0.3 is 0 Å². The van der Waals surface area contributed by atoms with E-state index in [0.717, 1.165) is 6.61 Å². The average molecular weight is 329 g/mol. The van der Waals surface area contributed by atoms with Crippen molar-refractivity contribution >= 4 is 8.32 Å². The summed E-state index contributed by atoms with van der Waals surface area (Å²) < 4.78 is 6.16. The highest BCUT2D eigenvalue weighted by atomic mass is 28.4. The van der Waals surface area contributed by atoms with Crippen LogP contribution < -0.4 is 0 Å². The van der Waals surface area contributed by atoms with E-state index < -0.39 is 8.32 Å². The fourth-order valence-electron chi connectivity index (χ4n) is 2.97. The normalized spacial score (nSPS) is 12.0. The van der Waals surface area contributed by atoms with E-state index in [1.165, 1.54) is 95.9 Å². The average Bonchev–Trinajstić information content (AvgIpc) is 2.50. The highest BCUT2D eigenvalue weighted by Crippen LogP contribution is 2.16. The van der Waals surface area contributed by atoms with Crippen LogP contribution in [0.1, 0.15) is 104 Å². The van der Waals surface area contributed by atoms with Crippen LogP contribution in [0.2, 0.25) is 19.1 Å². The van der Waals surface area contributed by atoms with Crippen LogP contribution in [0.15, 0.2) is 0 Å². The predicted octanol–water partition coefficient (Wildman–Crippen LogP) is 7.71. The molecule has 0 bridgehead atoms. The second-order valence-corrected chi connectivity index (χ2v) is 11.9. The van der Waals surface area contributed by atoms with Gasteiger partial charge in [0.25, 0.3) is 0 Å². The first-order valence-electron chi connectivity index (χ1n) is 10.3. The van der Waals surface area contributed by atoms with Gasteiger partial charge in [-0.25, -0.2) is 0 Å². The van der Waals surface area contributed by atoms with Crippen molar-refractivity contribution in [2.75, 3.05) is 6.61 Å². The second-order valence-electron chi connectivity index (χ2n) is 7.60. The molecule has 0 aliphatic heterocycles. The van der Waals surface area contributed by atoms with E-state index in [1.807, 2.05) is 0 Å². The molecule has 1 nitrogen and oxygen atoms in total. The zero-order valence-electron chi connectivity index (χ0n) is 16.2. The van der Waals surface area contributed by atoms with Gasteiger partial charge in [-0.05, 0) is 25.6 Å². The molecule has 0 aliphatic carbocycles. The molecular formula is C20H44OSi. The molecule has 0 aromatic rings. The summed E-state index contributed by atoms with van der Waals surface area (Å²) in [4.78, 5) is 0. The quantitative estimate of drug-likeness (QED) is 0.196. The van der Waals surface area contributed by atoms with E-state index >= 15 is 0 Å². The molecule has 0 fully saturated rings. The Morgan fingerprint density at radius 2 is 0.955 bits per heavy atom. The van der Waals surface area contributed by atoms with Crippen molar-refractivity contribution in [3.8, 4) is 0 Å². The molecule has 2 heteroatoms. The molecule has 0 aromatic heterocycles. The first kappa shape index (κ1) is 22.2. The Kier molecular flexibility index (Phi) is 16.2. The van der Waals surface area contributed by atoms with E-state index in [4.69, 9.17) is 4.43 Å². The standard InChI is InChI=1S/C20H44OSi/c1-5-7-9-10-11-12-13-14-15-16-17-18-19-21-22(3,4)20-8-6-2/h5-20H2,1-4H3. The molecule has 0 saturated heterocycles. The van der Waals surface area contributed by atoms with Gasteiger partial charge in [0.15, 0.2) is 8.32 Å². The van der Waals surface area contributed by atoms with E-state index in [0.29, 0.717) is 0 Å². The lowest BCUT2D eigenvalue weighted by Crippen LogP contribution is -2.30. The Balaban J connectivity index is 3.17. The molecule has 0 radical (unpaired) electrons. The minimum atomic E-state index is -1.32. The van der Waals surface area contributed by atoms with Crippen LogP contribution in [-0.2, 0) is 4.43 Å². The maximum absolute atomic E-state index is 6.16. The molecular weight excluding hydrogens is 284 g/mol. The summed E-state index contributed by atoms with van der Waals surface area (Å²) in [5.41, 5.74) is 0. The molecule has 0 heterocycles. The molecule has 0 unspecified atom stereocenters. The van der Waals surface area contributed by atoms with Gasteiger partial charge in [-0.15, -0.1) is 0 Å². The van der Waals surface area contributed by atoms with Gasteiger partial charge in [0, 0.05) is 6.61 Å². The summed E-state index contributed by atoms with van der Waals surface area (Å²) in [6, 6.07) is 1.34. The van der Waals surface area contributed by atoms with Gasteiger partial charge in [-0.1, -0.05) is 97.3 Å². The molecule has 134 valence electrons. The van der Waals surface area contributed by atoms with Crippen molar-refractivity contribution in [2.45, 2.75) is 123 Å². The van der Waals surface area contributed by atoms with Crippen LogP contribution in [0, 0.1) is 0 Å². The number of hydrogen-bond donors (Lipinski definition) is 0. The Morgan fingerprint density at radius 1 is 0.545 bits per heavy atom. The van der Waals surface area contributed by atoms with Crippen LogP contribution in [0.3, 0.4) is 0 Å². The van der Waals surface area contributed by atoms with E-state index in [1.54, 1.807) is 0 Å². The fraction of sp³-hybridized carbons (Fsp3) is 1.00. The van der Waals surface area contributed by atoms with Gasteiger partial charge in [0.1, 0.15) is 0 Å². The van der Waals surface area contributed by atoms with E-state index in [9.17, 15) is 0 Å². The molecule has 22 heavy (non-hydrogen) atoms. The summed E-state index contributed by atoms with van der Waals surface area (Å²) in [5.74, 6) is 0. The fourth-order valence-corrected chi connectivity index (χ4v) is 5.01. The highest BCUT2D eigenvalue weighted by molar-refractivity contribution is 6.71. The SMILES string of the molecule is CCCCCCCCCCCCCCO[Si](C)(C)CCCC. The zero-order valence-corrected chi connectivity index (χ0v) is 17.2. The predicted molar refractivity (Wildman–Crippen MR) is 104 cm³/mol. The number of rotatable bonds is 17. The van der Waals surface area contributed by atoms with Crippen molar-refractivity contribution < 1.29 is 4.43 Å². The molecule has 0 aliphatic rings. The van der Waals surface area contributed by atoms with Gasteiger partial charge < -0.3 is 4.43 Å². The van der Waals surface area contributed by atoms with Crippen molar-refractivity contribution in [2.24, 2.45) is 0 Å². The molecule has 0 saturated carbocycles. The molecule has 0 N–H and O–H groups in total. The lowest BCUT2D eigenvalue weighted by atomic mass is 10.1. The summed E-state index contributed by atoms with van der Waals surface area (Å²) in [6.45, 7) is 10.3. The first-order valence-corrected chi connectivity index (χ1v) is 13.4. The van der Waals surface area contributed by atoms with Crippen molar-refractivity contribution in [3.05, 3.63) is 0 Å². The first-order chi connectivity index (χ1) is 10.6. The van der Waals surface area contributed by atoms with Crippen LogP contribution in [0.4, 0.5) is 0 Å². The lowest BCUT2D eigenvalue weighted by molar-refractivity contribution is 0.293. The van der Waals surface area contributed by atoms with E-state index in [2.05, 4.69) is 26.9 Å². The molecule has 0 atom stereocenters. The van der Waals surface area contributed by atoms with Crippen LogP contribution in [0.5, 0.6) is 0 Å². The van der Waals surface area contributed by atoms with Crippen molar-refractivity contribution in [1.82, 2.24) is 0 Å². The summed E-state index contributed by atoms with van der Waals surface area (Å²) in [7, 11) is -1.32. The van der Waals surface area contributed by atoms with Crippen molar-refractivity contribution in [3.63, 3.8) is 0 Å². The Hall–Kier alpha value is 0.177. The molecule has 0 spiro atoms. The minimum Gasteiger partial charge on any atom is -0.417 e. The third-order valence-corrected chi connectivity index (χ3v) is 7.17. The third-order valence-electron chi connectivity index (χ3n) is 4.62. The Bertz CT molecular complexity index is 216. The summed E-state index contributed by atoms with van der Waals surface area (Å²) >= 11 is 0. The Morgan fingerprint density at radius 3 is 1.41 bits per heavy atom. The maximum Gasteiger partial charge on any atom is 0.186 e. The molecule has 0 aromatic carbocycles. The smallest absolute Gasteiger partial charge is 0.186 e.